The minimum Gasteiger partial charge on any atom is -0.394 e. The summed E-state index contributed by atoms with van der Waals surface area (Å²) >= 11 is 0. The van der Waals surface area contributed by atoms with Crippen LogP contribution in [0.15, 0.2) is 0 Å². The van der Waals surface area contributed by atoms with E-state index in [1.54, 1.807) is 0 Å². The second-order valence-electron chi connectivity index (χ2n) is 26.9. The van der Waals surface area contributed by atoms with Crippen molar-refractivity contribution in [2.75, 3.05) is 13.2 Å². The topological polar surface area (TPSA) is 250 Å². The van der Waals surface area contributed by atoms with Crippen LogP contribution in [0, 0.1) is 0 Å². The van der Waals surface area contributed by atoms with E-state index in [4.69, 9.17) is 34.5 Å². The number of aliphatic hydroxyl groups excluding tert-OH is 4. The molecule has 0 aliphatic rings. The molecule has 0 saturated heterocycles. The number of hydrogen-bond acceptors (Lipinski definition) is 14. The fraction of sp³-hybridized carbons (Fsp3) is 1.00. The Morgan fingerprint density at radius 3 is 0.742 bits per heavy atom. The highest BCUT2D eigenvalue weighted by molar-refractivity contribution is 7.40. The maximum absolute atomic E-state index is 12.0. The Bertz CT molecular complexity index is 1290. The SMILES string of the molecule is CCCCCCCCCCCCCCCCCCCCCCCCCCCCC(O)C(O)(CCCCCCCCCCCCCCCCCC)CCCCCCCCCCCCCCCCCC.OC[C@@H](O)[C@@H](O)[C@H](OP(O)O)[C@H](COP(O)O)OP(O)O. The third-order valence-electron chi connectivity index (χ3n) is 18.5. The van der Waals surface area contributed by atoms with Crippen LogP contribution in [0.4, 0.5) is 0 Å². The predicted molar refractivity (Wildman–Crippen MR) is 378 cm³/mol. The molecule has 538 valence electrons. The molecule has 89 heavy (non-hydrogen) atoms. The lowest BCUT2D eigenvalue weighted by Gasteiger charge is -2.34. The van der Waals surface area contributed by atoms with Gasteiger partial charge in [-0.1, -0.05) is 393 Å². The summed E-state index contributed by atoms with van der Waals surface area (Å²) in [6, 6.07) is 0. The molecule has 0 aromatic heterocycles. The maximum Gasteiger partial charge on any atom is 0.327 e. The third-order valence-corrected chi connectivity index (χ3v) is 19.7. The largest absolute Gasteiger partial charge is 0.394 e. The van der Waals surface area contributed by atoms with Crippen LogP contribution in [0.3, 0.4) is 0 Å². The molecule has 0 aromatic carbocycles. The van der Waals surface area contributed by atoms with E-state index in [1.807, 2.05) is 0 Å². The Morgan fingerprint density at radius 1 is 0.303 bits per heavy atom. The molecular formula is C72H151O14P3. The van der Waals surface area contributed by atoms with Crippen molar-refractivity contribution < 1.29 is 68.5 Å². The van der Waals surface area contributed by atoms with Crippen LogP contribution in [0.25, 0.3) is 0 Å². The molecular weight excluding hydrogens is 1180 g/mol. The molecule has 14 nitrogen and oxygen atoms in total. The molecule has 5 atom stereocenters. The van der Waals surface area contributed by atoms with Gasteiger partial charge in [-0.05, 0) is 19.3 Å². The van der Waals surface area contributed by atoms with Crippen molar-refractivity contribution in [1.82, 2.24) is 0 Å². The summed E-state index contributed by atoms with van der Waals surface area (Å²) in [5, 5.41) is 51.2. The van der Waals surface area contributed by atoms with Gasteiger partial charge in [-0.25, -0.2) is 0 Å². The molecule has 0 amide bonds. The first-order chi connectivity index (χ1) is 43.3. The summed E-state index contributed by atoms with van der Waals surface area (Å²) < 4.78 is 13.4. The van der Waals surface area contributed by atoms with E-state index in [1.165, 1.54) is 353 Å². The zero-order chi connectivity index (χ0) is 65.8. The molecule has 0 aliphatic carbocycles. The average Bonchev–Trinajstić information content (AvgIpc) is 3.67. The van der Waals surface area contributed by atoms with Gasteiger partial charge in [-0.2, -0.15) is 0 Å². The molecule has 0 saturated carbocycles. The van der Waals surface area contributed by atoms with E-state index in [0.717, 1.165) is 38.5 Å². The van der Waals surface area contributed by atoms with Crippen molar-refractivity contribution in [3.8, 4) is 0 Å². The van der Waals surface area contributed by atoms with Gasteiger partial charge in [0.2, 0.25) is 0 Å². The standard InChI is InChI=1S/C66H134O2.C6H17O12P3/c1-4-7-10-13-16-19-22-25-28-31-32-33-34-35-36-37-38-39-40-41-44-47-50-53-56-59-62-65(67)66(68,63-60-57-54-51-48-45-42-29-26-23-20-17-14-11-8-5-2)64-61-58-55-52-49-46-43-30-27-24-21-18-15-12-9-6-3;7-1-3(8)5(9)6(18-21(14)15)4(17-20(12)13)2-16-19(10)11/h65,67-68H,4-64H2,1-3H3;3-15H,1-2H2/t;3-,4+,5-,6-/m.1/s1. The van der Waals surface area contributed by atoms with Crippen LogP contribution in [0.2, 0.25) is 0 Å². The van der Waals surface area contributed by atoms with E-state index >= 15 is 0 Å². The number of rotatable bonds is 73. The van der Waals surface area contributed by atoms with E-state index < -0.39 is 75.1 Å². The van der Waals surface area contributed by atoms with Crippen molar-refractivity contribution >= 4 is 25.8 Å². The van der Waals surface area contributed by atoms with Crippen molar-refractivity contribution in [1.29, 1.82) is 0 Å². The fourth-order valence-electron chi connectivity index (χ4n) is 12.6. The normalized spacial score (nSPS) is 13.9. The highest BCUT2D eigenvalue weighted by atomic mass is 31.2. The van der Waals surface area contributed by atoms with E-state index in [9.17, 15) is 20.4 Å². The summed E-state index contributed by atoms with van der Waals surface area (Å²) in [6.07, 6.45) is 75.5. The van der Waals surface area contributed by atoms with Crippen molar-refractivity contribution in [2.45, 2.75) is 449 Å². The summed E-state index contributed by atoms with van der Waals surface area (Å²) in [5.41, 5.74) is -0.877. The molecule has 0 radical (unpaired) electrons. The first-order valence-electron chi connectivity index (χ1n) is 38.2. The summed E-state index contributed by atoms with van der Waals surface area (Å²) in [5.74, 6) is 0. The monoisotopic (exact) mass is 1330 g/mol. The zero-order valence-corrected chi connectivity index (χ0v) is 61.1. The molecule has 0 bridgehead atoms. The number of hydrogen-bond donors (Lipinski definition) is 11. The fourth-order valence-corrected chi connectivity index (χ4v) is 13.8. The first-order valence-corrected chi connectivity index (χ1v) is 41.7. The minimum absolute atomic E-state index is 0.551. The summed E-state index contributed by atoms with van der Waals surface area (Å²) in [7, 11) is -8.90. The number of unbranched alkanes of at least 4 members (excludes halogenated alkanes) is 55. The van der Waals surface area contributed by atoms with Gasteiger partial charge < -0.3 is 68.5 Å². The van der Waals surface area contributed by atoms with Gasteiger partial charge in [0.25, 0.3) is 0 Å². The highest BCUT2D eigenvalue weighted by Crippen LogP contribution is 2.38. The Hall–Kier alpha value is 0.730. The Labute approximate surface area is 553 Å². The van der Waals surface area contributed by atoms with Crippen molar-refractivity contribution in [3.05, 3.63) is 0 Å². The van der Waals surface area contributed by atoms with Gasteiger partial charge in [0.1, 0.15) is 24.4 Å². The zero-order valence-electron chi connectivity index (χ0n) is 58.4. The Kier molecular flexibility index (Phi) is 75.3. The van der Waals surface area contributed by atoms with E-state index in [0.29, 0.717) is 0 Å². The van der Waals surface area contributed by atoms with Crippen molar-refractivity contribution in [3.63, 3.8) is 0 Å². The lowest BCUT2D eigenvalue weighted by molar-refractivity contribution is -0.109. The summed E-state index contributed by atoms with van der Waals surface area (Å²) in [4.78, 5) is 52.5. The summed E-state index contributed by atoms with van der Waals surface area (Å²) in [6.45, 7) is 5.26. The molecule has 0 aliphatic heterocycles. The van der Waals surface area contributed by atoms with Crippen LogP contribution >= 0.6 is 25.8 Å². The van der Waals surface area contributed by atoms with Crippen LogP contribution in [-0.4, -0.2) is 104 Å². The molecule has 0 aromatic rings. The van der Waals surface area contributed by atoms with Gasteiger partial charge in [0.15, 0.2) is 0 Å². The Balaban J connectivity index is 0. The molecule has 1 unspecified atom stereocenters. The van der Waals surface area contributed by atoms with Crippen LogP contribution in [0.5, 0.6) is 0 Å². The second-order valence-corrected chi connectivity index (χ2v) is 29.1. The molecule has 17 heteroatoms. The maximum atomic E-state index is 12.0. The van der Waals surface area contributed by atoms with E-state index in [-0.39, 0.29) is 0 Å². The number of aliphatic hydroxyl groups is 5. The first kappa shape index (κ1) is 91.8. The van der Waals surface area contributed by atoms with Gasteiger partial charge in [0.05, 0.1) is 24.9 Å². The van der Waals surface area contributed by atoms with Gasteiger partial charge >= 0.3 is 25.8 Å². The lowest BCUT2D eigenvalue weighted by Crippen LogP contribution is -2.48. The van der Waals surface area contributed by atoms with Gasteiger partial charge in [-0.3, -0.25) is 0 Å². The predicted octanol–water partition coefficient (Wildman–Crippen LogP) is 21.1. The molecule has 0 heterocycles. The molecule has 11 N–H and O–H groups in total. The molecule has 0 rings (SSSR count). The second kappa shape index (κ2) is 73.0. The van der Waals surface area contributed by atoms with Crippen LogP contribution in [0.1, 0.15) is 412 Å². The highest BCUT2D eigenvalue weighted by Gasteiger charge is 2.39. The van der Waals surface area contributed by atoms with Crippen LogP contribution in [-0.2, 0) is 13.6 Å². The smallest absolute Gasteiger partial charge is 0.327 e. The third kappa shape index (κ3) is 67.1. The van der Waals surface area contributed by atoms with Crippen molar-refractivity contribution in [2.24, 2.45) is 0 Å². The molecule has 0 fully saturated rings. The lowest BCUT2D eigenvalue weighted by atomic mass is 9.82. The van der Waals surface area contributed by atoms with E-state index in [2.05, 4.69) is 34.3 Å². The average molecular weight is 1330 g/mol. The quantitative estimate of drug-likeness (QED) is 0.0200. The molecule has 0 spiro atoms. The van der Waals surface area contributed by atoms with Gasteiger partial charge in [0, 0.05) is 0 Å². The van der Waals surface area contributed by atoms with Gasteiger partial charge in [-0.15, -0.1) is 0 Å². The minimum atomic E-state index is -3.05. The van der Waals surface area contributed by atoms with Crippen LogP contribution < -0.4 is 0 Å². The Morgan fingerprint density at radius 2 is 0.528 bits per heavy atom.